The molecule has 0 unspecified atom stereocenters. The zero-order valence-electron chi connectivity index (χ0n) is 12.5. The van der Waals surface area contributed by atoms with E-state index in [0.29, 0.717) is 0 Å². The van der Waals surface area contributed by atoms with E-state index in [1.807, 2.05) is 6.07 Å². The second-order valence-electron chi connectivity index (χ2n) is 5.58. The molecule has 0 saturated carbocycles. The first-order valence-electron chi connectivity index (χ1n) is 7.64. The number of benzene rings is 1. The van der Waals surface area contributed by atoms with Crippen LogP contribution in [0.1, 0.15) is 28.8 Å². The summed E-state index contributed by atoms with van der Waals surface area (Å²) in [6.45, 7) is 0. The summed E-state index contributed by atoms with van der Waals surface area (Å²) in [4.78, 5) is 11.2. The van der Waals surface area contributed by atoms with Gasteiger partial charge in [0.05, 0.1) is 11.6 Å². The van der Waals surface area contributed by atoms with Crippen LogP contribution in [-0.2, 0) is 12.8 Å². The van der Waals surface area contributed by atoms with E-state index in [2.05, 4.69) is 20.5 Å². The second kappa shape index (κ2) is 5.96. The Morgan fingerprint density at radius 2 is 2.13 bits per heavy atom. The molecule has 1 aliphatic carbocycles. The maximum Gasteiger partial charge on any atom is 0.158 e. The number of phenolic OH excluding ortho intramolecular Hbond substituents is 1. The van der Waals surface area contributed by atoms with Crippen molar-refractivity contribution in [3.05, 3.63) is 46.6 Å². The van der Waals surface area contributed by atoms with E-state index in [0.717, 1.165) is 34.4 Å². The highest BCUT2D eigenvalue weighted by Gasteiger charge is 2.19. The summed E-state index contributed by atoms with van der Waals surface area (Å²) in [5, 5.41) is 14.8. The molecule has 0 fully saturated rings. The molecular formula is C17H16N4OS. The summed E-state index contributed by atoms with van der Waals surface area (Å²) in [6, 6.07) is 6.96. The summed E-state index contributed by atoms with van der Waals surface area (Å²) in [6.07, 6.45) is 7.96. The SMILES string of the molecule is Oc1cccc(C=NNc2ncnc3sc4c(c23)CCCC4)c1. The third-order valence-corrected chi connectivity index (χ3v) is 5.21. The number of thiophene rings is 1. The molecule has 2 aromatic heterocycles. The summed E-state index contributed by atoms with van der Waals surface area (Å²) in [5.74, 6) is 0.982. The van der Waals surface area contributed by atoms with Crippen molar-refractivity contribution in [2.24, 2.45) is 5.10 Å². The largest absolute Gasteiger partial charge is 0.508 e. The number of aromatic hydroxyl groups is 1. The minimum Gasteiger partial charge on any atom is -0.508 e. The van der Waals surface area contributed by atoms with Crippen molar-refractivity contribution in [2.45, 2.75) is 25.7 Å². The average Bonchev–Trinajstić information content (AvgIpc) is 2.94. The maximum atomic E-state index is 9.47. The molecule has 1 aromatic carbocycles. The summed E-state index contributed by atoms with van der Waals surface area (Å²) >= 11 is 1.77. The first kappa shape index (κ1) is 14.1. The monoisotopic (exact) mass is 324 g/mol. The molecule has 0 radical (unpaired) electrons. The summed E-state index contributed by atoms with van der Waals surface area (Å²) in [5.41, 5.74) is 5.25. The van der Waals surface area contributed by atoms with Gasteiger partial charge in [-0.2, -0.15) is 5.10 Å². The highest BCUT2D eigenvalue weighted by atomic mass is 32.1. The van der Waals surface area contributed by atoms with Gasteiger partial charge in [-0.05, 0) is 48.9 Å². The van der Waals surface area contributed by atoms with Crippen molar-refractivity contribution in [3.8, 4) is 5.75 Å². The predicted molar refractivity (Wildman–Crippen MR) is 93.4 cm³/mol. The van der Waals surface area contributed by atoms with Crippen molar-refractivity contribution >= 4 is 33.6 Å². The molecule has 2 heterocycles. The molecule has 0 spiro atoms. The molecule has 23 heavy (non-hydrogen) atoms. The van der Waals surface area contributed by atoms with E-state index in [-0.39, 0.29) is 5.75 Å². The highest BCUT2D eigenvalue weighted by Crippen LogP contribution is 2.38. The third-order valence-electron chi connectivity index (χ3n) is 4.01. The molecule has 0 atom stereocenters. The Morgan fingerprint density at radius 1 is 1.22 bits per heavy atom. The standard InChI is InChI=1S/C17H16N4OS/c22-12-5-3-4-11(8-12)9-20-21-16-15-13-6-1-2-7-14(13)23-17(15)19-10-18-16/h3-5,8-10,22H,1-2,6-7H2,(H,18,19,21). The van der Waals surface area contributed by atoms with E-state index in [1.54, 1.807) is 42.1 Å². The molecule has 0 amide bonds. The van der Waals surface area contributed by atoms with Crippen LogP contribution < -0.4 is 5.43 Å². The normalized spacial score (nSPS) is 14.3. The van der Waals surface area contributed by atoms with E-state index >= 15 is 0 Å². The Labute approximate surface area is 137 Å². The number of fused-ring (bicyclic) bond motifs is 3. The molecular weight excluding hydrogens is 308 g/mol. The molecule has 116 valence electrons. The number of anilines is 1. The molecule has 2 N–H and O–H groups in total. The van der Waals surface area contributed by atoms with Gasteiger partial charge in [0, 0.05) is 4.88 Å². The molecule has 4 rings (SSSR count). The lowest BCUT2D eigenvalue weighted by molar-refractivity contribution is 0.475. The first-order chi connectivity index (χ1) is 11.3. The number of aryl methyl sites for hydroxylation is 2. The maximum absolute atomic E-state index is 9.47. The third kappa shape index (κ3) is 2.77. The Balaban J connectivity index is 1.65. The Morgan fingerprint density at radius 3 is 3.04 bits per heavy atom. The molecule has 5 nitrogen and oxygen atoms in total. The van der Waals surface area contributed by atoms with Crippen molar-refractivity contribution in [3.63, 3.8) is 0 Å². The lowest BCUT2D eigenvalue weighted by atomic mass is 9.97. The molecule has 3 aromatic rings. The average molecular weight is 324 g/mol. The molecule has 0 saturated heterocycles. The van der Waals surface area contributed by atoms with Gasteiger partial charge >= 0.3 is 0 Å². The smallest absolute Gasteiger partial charge is 0.158 e. The van der Waals surface area contributed by atoms with Crippen LogP contribution in [0.5, 0.6) is 5.75 Å². The van der Waals surface area contributed by atoms with Crippen molar-refractivity contribution in [2.75, 3.05) is 5.43 Å². The zero-order chi connectivity index (χ0) is 15.6. The summed E-state index contributed by atoms with van der Waals surface area (Å²) in [7, 11) is 0. The number of aromatic nitrogens is 2. The number of nitrogens with one attached hydrogen (secondary N) is 1. The van der Waals surface area contributed by atoms with Gasteiger partial charge in [0.2, 0.25) is 0 Å². The van der Waals surface area contributed by atoms with Crippen molar-refractivity contribution in [1.29, 1.82) is 0 Å². The molecule has 6 heteroatoms. The molecule has 0 aliphatic heterocycles. The molecule has 0 bridgehead atoms. The van der Waals surface area contributed by atoms with Crippen LogP contribution in [0.15, 0.2) is 35.7 Å². The second-order valence-corrected chi connectivity index (χ2v) is 6.66. The lowest BCUT2D eigenvalue weighted by Gasteiger charge is -2.11. The fourth-order valence-corrected chi connectivity index (χ4v) is 4.18. The number of hydrogen-bond acceptors (Lipinski definition) is 6. The number of phenols is 1. The zero-order valence-corrected chi connectivity index (χ0v) is 13.3. The lowest BCUT2D eigenvalue weighted by Crippen LogP contribution is -2.00. The Bertz CT molecular complexity index is 887. The van der Waals surface area contributed by atoms with Crippen LogP contribution in [0.4, 0.5) is 5.82 Å². The minimum atomic E-state index is 0.227. The van der Waals surface area contributed by atoms with Gasteiger partial charge < -0.3 is 5.11 Å². The van der Waals surface area contributed by atoms with Gasteiger partial charge in [0.1, 0.15) is 16.9 Å². The number of hydrazone groups is 1. The highest BCUT2D eigenvalue weighted by molar-refractivity contribution is 7.19. The van der Waals surface area contributed by atoms with Crippen LogP contribution in [0, 0.1) is 0 Å². The number of nitrogens with zero attached hydrogens (tertiary/aromatic N) is 3. The van der Waals surface area contributed by atoms with Crippen LogP contribution in [0.2, 0.25) is 0 Å². The van der Waals surface area contributed by atoms with E-state index < -0.39 is 0 Å². The van der Waals surface area contributed by atoms with Crippen LogP contribution in [0.25, 0.3) is 10.2 Å². The van der Waals surface area contributed by atoms with Gasteiger partial charge in [-0.15, -0.1) is 11.3 Å². The van der Waals surface area contributed by atoms with E-state index in [4.69, 9.17) is 0 Å². The van der Waals surface area contributed by atoms with Crippen molar-refractivity contribution < 1.29 is 5.11 Å². The topological polar surface area (TPSA) is 70.4 Å². The van der Waals surface area contributed by atoms with Gasteiger partial charge in [-0.3, -0.25) is 5.43 Å². The van der Waals surface area contributed by atoms with Gasteiger partial charge in [0.25, 0.3) is 0 Å². The fourth-order valence-electron chi connectivity index (χ4n) is 2.95. The minimum absolute atomic E-state index is 0.227. The van der Waals surface area contributed by atoms with E-state index in [1.165, 1.54) is 23.3 Å². The Hall–Kier alpha value is -2.47. The van der Waals surface area contributed by atoms with Gasteiger partial charge in [-0.25, -0.2) is 9.97 Å². The molecule has 1 aliphatic rings. The number of hydrogen-bond donors (Lipinski definition) is 2. The van der Waals surface area contributed by atoms with Gasteiger partial charge in [-0.1, -0.05) is 12.1 Å². The first-order valence-corrected chi connectivity index (χ1v) is 8.46. The fraction of sp³-hybridized carbons (Fsp3) is 0.235. The van der Waals surface area contributed by atoms with E-state index in [9.17, 15) is 5.11 Å². The van der Waals surface area contributed by atoms with Crippen LogP contribution >= 0.6 is 11.3 Å². The number of rotatable bonds is 3. The predicted octanol–water partition coefficient (Wildman–Crippen LogP) is 3.72. The van der Waals surface area contributed by atoms with Gasteiger partial charge in [0.15, 0.2) is 5.82 Å². The summed E-state index contributed by atoms with van der Waals surface area (Å²) < 4.78 is 0. The van der Waals surface area contributed by atoms with Crippen LogP contribution in [-0.4, -0.2) is 21.3 Å². The Kier molecular flexibility index (Phi) is 3.67. The van der Waals surface area contributed by atoms with Crippen LogP contribution in [0.3, 0.4) is 0 Å². The van der Waals surface area contributed by atoms with Crippen molar-refractivity contribution in [1.82, 2.24) is 9.97 Å². The quantitative estimate of drug-likeness (QED) is 0.569.